The van der Waals surface area contributed by atoms with E-state index in [1.165, 1.54) is 6.07 Å². The van der Waals surface area contributed by atoms with Gasteiger partial charge in [-0.25, -0.2) is 9.37 Å². The Morgan fingerprint density at radius 1 is 1.04 bits per heavy atom. The number of aromatic nitrogens is 2. The third-order valence-electron chi connectivity index (χ3n) is 4.84. The number of nitrogens with one attached hydrogen (secondary N) is 1. The third-order valence-corrected chi connectivity index (χ3v) is 4.84. The molecule has 1 fully saturated rings. The van der Waals surface area contributed by atoms with Crippen molar-refractivity contribution in [3.8, 4) is 0 Å². The van der Waals surface area contributed by atoms with Crippen LogP contribution in [-0.2, 0) is 11.2 Å². The van der Waals surface area contributed by atoms with Gasteiger partial charge < -0.3 is 14.8 Å². The highest BCUT2D eigenvalue weighted by atomic mass is 19.1. The quantitative estimate of drug-likeness (QED) is 0.785. The number of para-hydroxylation sites is 3. The second-order valence-electron chi connectivity index (χ2n) is 6.52. The Labute approximate surface area is 151 Å². The van der Waals surface area contributed by atoms with Gasteiger partial charge in [-0.05, 0) is 24.3 Å². The van der Waals surface area contributed by atoms with Crippen LogP contribution in [0.2, 0.25) is 0 Å². The molecule has 0 saturated carbocycles. The minimum Gasteiger partial charge on any atom is -0.366 e. The molecule has 26 heavy (non-hydrogen) atoms. The van der Waals surface area contributed by atoms with Crippen molar-refractivity contribution in [2.75, 3.05) is 31.1 Å². The first kappa shape index (κ1) is 16.6. The van der Waals surface area contributed by atoms with Gasteiger partial charge in [0, 0.05) is 39.0 Å². The molecule has 5 nitrogen and oxygen atoms in total. The van der Waals surface area contributed by atoms with Crippen molar-refractivity contribution in [1.29, 1.82) is 0 Å². The minimum absolute atomic E-state index is 0.124. The summed E-state index contributed by atoms with van der Waals surface area (Å²) in [5.41, 5.74) is 2.53. The second kappa shape index (κ2) is 7.15. The summed E-state index contributed by atoms with van der Waals surface area (Å²) >= 11 is 0. The minimum atomic E-state index is -0.211. The van der Waals surface area contributed by atoms with Gasteiger partial charge in [0.2, 0.25) is 5.91 Å². The summed E-state index contributed by atoms with van der Waals surface area (Å²) in [7, 11) is 0. The number of hydrogen-bond donors (Lipinski definition) is 1. The van der Waals surface area contributed by atoms with Crippen LogP contribution in [0, 0.1) is 5.82 Å². The highest BCUT2D eigenvalue weighted by Crippen LogP contribution is 2.20. The fourth-order valence-corrected chi connectivity index (χ4v) is 3.41. The average molecular weight is 352 g/mol. The van der Waals surface area contributed by atoms with Gasteiger partial charge in [0.15, 0.2) is 0 Å². The lowest BCUT2D eigenvalue weighted by molar-refractivity contribution is -0.131. The van der Waals surface area contributed by atoms with Crippen LogP contribution < -0.4 is 4.90 Å². The van der Waals surface area contributed by atoms with Crippen molar-refractivity contribution < 1.29 is 9.18 Å². The number of benzene rings is 2. The monoisotopic (exact) mass is 352 g/mol. The Morgan fingerprint density at radius 2 is 1.77 bits per heavy atom. The molecule has 134 valence electrons. The topological polar surface area (TPSA) is 52.2 Å². The van der Waals surface area contributed by atoms with E-state index in [1.807, 2.05) is 40.1 Å². The van der Waals surface area contributed by atoms with E-state index in [0.29, 0.717) is 44.7 Å². The molecule has 1 aromatic heterocycles. The first-order chi connectivity index (χ1) is 12.7. The number of fused-ring (bicyclic) bond motifs is 1. The van der Waals surface area contributed by atoms with Crippen LogP contribution in [-0.4, -0.2) is 47.0 Å². The number of halogens is 1. The standard InChI is InChI=1S/C20H21FN4O/c21-15-5-1-4-8-18(15)24-11-13-25(14-12-24)20(26)10-9-19-22-16-6-2-3-7-17(16)23-19/h1-8H,9-14H2,(H,22,23). The number of amides is 1. The zero-order valence-electron chi connectivity index (χ0n) is 14.5. The van der Waals surface area contributed by atoms with Crippen LogP contribution in [0.3, 0.4) is 0 Å². The number of piperazine rings is 1. The summed E-state index contributed by atoms with van der Waals surface area (Å²) in [6.07, 6.45) is 1.03. The molecule has 0 bridgehead atoms. The van der Waals surface area contributed by atoms with E-state index in [-0.39, 0.29) is 11.7 Å². The molecule has 0 unspecified atom stereocenters. The maximum absolute atomic E-state index is 13.9. The van der Waals surface area contributed by atoms with Crippen LogP contribution in [0.25, 0.3) is 11.0 Å². The van der Waals surface area contributed by atoms with Crippen LogP contribution in [0.1, 0.15) is 12.2 Å². The molecule has 0 aliphatic carbocycles. The van der Waals surface area contributed by atoms with Crippen molar-refractivity contribution in [2.24, 2.45) is 0 Å². The van der Waals surface area contributed by atoms with Crippen molar-refractivity contribution in [3.63, 3.8) is 0 Å². The Morgan fingerprint density at radius 3 is 2.54 bits per heavy atom. The van der Waals surface area contributed by atoms with Gasteiger partial charge in [-0.15, -0.1) is 0 Å². The van der Waals surface area contributed by atoms with Crippen molar-refractivity contribution in [3.05, 3.63) is 60.2 Å². The van der Waals surface area contributed by atoms with Crippen molar-refractivity contribution in [1.82, 2.24) is 14.9 Å². The predicted octanol–water partition coefficient (Wildman–Crippen LogP) is 2.98. The maximum Gasteiger partial charge on any atom is 0.223 e. The van der Waals surface area contributed by atoms with Gasteiger partial charge in [-0.1, -0.05) is 24.3 Å². The molecule has 1 saturated heterocycles. The van der Waals surface area contributed by atoms with E-state index < -0.39 is 0 Å². The van der Waals surface area contributed by atoms with Gasteiger partial charge in [-0.3, -0.25) is 4.79 Å². The summed E-state index contributed by atoms with van der Waals surface area (Å²) in [5, 5.41) is 0. The van der Waals surface area contributed by atoms with Gasteiger partial charge in [0.1, 0.15) is 11.6 Å². The third kappa shape index (κ3) is 3.40. The summed E-state index contributed by atoms with van der Waals surface area (Å²) in [5.74, 6) is 0.750. The van der Waals surface area contributed by atoms with E-state index in [9.17, 15) is 9.18 Å². The van der Waals surface area contributed by atoms with Gasteiger partial charge in [0.05, 0.1) is 16.7 Å². The fraction of sp³-hybridized carbons (Fsp3) is 0.300. The van der Waals surface area contributed by atoms with Gasteiger partial charge in [0.25, 0.3) is 0 Å². The maximum atomic E-state index is 13.9. The first-order valence-corrected chi connectivity index (χ1v) is 8.91. The molecule has 0 atom stereocenters. The van der Waals surface area contributed by atoms with E-state index in [2.05, 4.69) is 9.97 Å². The molecular formula is C20H21FN4O. The van der Waals surface area contributed by atoms with Crippen molar-refractivity contribution >= 4 is 22.6 Å². The van der Waals surface area contributed by atoms with Gasteiger partial charge in [-0.2, -0.15) is 0 Å². The molecule has 4 rings (SSSR count). The Kier molecular flexibility index (Phi) is 4.56. The summed E-state index contributed by atoms with van der Waals surface area (Å²) in [6, 6.07) is 14.6. The highest BCUT2D eigenvalue weighted by Gasteiger charge is 2.22. The number of anilines is 1. The number of H-pyrrole nitrogens is 1. The molecule has 1 N–H and O–H groups in total. The molecule has 2 aromatic carbocycles. The summed E-state index contributed by atoms with van der Waals surface area (Å²) < 4.78 is 13.9. The van der Waals surface area contributed by atoms with E-state index >= 15 is 0 Å². The number of imidazole rings is 1. The number of hydrogen-bond acceptors (Lipinski definition) is 3. The average Bonchev–Trinajstić information content (AvgIpc) is 3.10. The van der Waals surface area contributed by atoms with Crippen LogP contribution in [0.4, 0.5) is 10.1 Å². The van der Waals surface area contributed by atoms with Crippen LogP contribution in [0.5, 0.6) is 0 Å². The molecule has 1 aliphatic heterocycles. The number of aromatic amines is 1. The number of carbonyl (C=O) groups is 1. The SMILES string of the molecule is O=C(CCc1nc2ccccc2[nH]1)N1CCN(c2ccccc2F)CC1. The lowest BCUT2D eigenvalue weighted by Crippen LogP contribution is -2.49. The Hall–Kier alpha value is -2.89. The Balaban J connectivity index is 1.31. The molecule has 6 heteroatoms. The lowest BCUT2D eigenvalue weighted by atomic mass is 10.2. The molecule has 1 amide bonds. The van der Waals surface area contributed by atoms with Crippen LogP contribution >= 0.6 is 0 Å². The number of carbonyl (C=O) groups excluding carboxylic acids is 1. The van der Waals surface area contributed by atoms with E-state index in [0.717, 1.165) is 16.9 Å². The number of rotatable bonds is 4. The number of nitrogens with zero attached hydrogens (tertiary/aromatic N) is 3. The molecule has 3 aromatic rings. The molecule has 2 heterocycles. The Bertz CT molecular complexity index is 882. The zero-order valence-corrected chi connectivity index (χ0v) is 14.5. The summed E-state index contributed by atoms with van der Waals surface area (Å²) in [6.45, 7) is 2.54. The fourth-order valence-electron chi connectivity index (χ4n) is 3.41. The first-order valence-electron chi connectivity index (χ1n) is 8.91. The highest BCUT2D eigenvalue weighted by molar-refractivity contribution is 5.77. The van der Waals surface area contributed by atoms with Crippen LogP contribution in [0.15, 0.2) is 48.5 Å². The zero-order chi connectivity index (χ0) is 17.9. The molecule has 0 radical (unpaired) electrons. The largest absolute Gasteiger partial charge is 0.366 e. The lowest BCUT2D eigenvalue weighted by Gasteiger charge is -2.36. The van der Waals surface area contributed by atoms with E-state index in [4.69, 9.17) is 0 Å². The predicted molar refractivity (Wildman–Crippen MR) is 99.6 cm³/mol. The van der Waals surface area contributed by atoms with E-state index in [1.54, 1.807) is 12.1 Å². The smallest absolute Gasteiger partial charge is 0.223 e. The normalized spacial score (nSPS) is 14.8. The number of aryl methyl sites for hydroxylation is 1. The molecular weight excluding hydrogens is 331 g/mol. The molecule has 1 aliphatic rings. The summed E-state index contributed by atoms with van der Waals surface area (Å²) in [4.78, 5) is 24.1. The van der Waals surface area contributed by atoms with Crippen molar-refractivity contribution in [2.45, 2.75) is 12.8 Å². The van der Waals surface area contributed by atoms with Gasteiger partial charge >= 0.3 is 0 Å². The second-order valence-corrected chi connectivity index (χ2v) is 6.52. The molecule has 0 spiro atoms.